The third-order valence-electron chi connectivity index (χ3n) is 5.23. The second-order valence-electron chi connectivity index (χ2n) is 7.73. The Kier molecular flexibility index (Phi) is 8.46. The Balaban J connectivity index is 1.48. The van der Waals surface area contributed by atoms with E-state index < -0.39 is 27.3 Å². The van der Waals surface area contributed by atoms with Gasteiger partial charge in [0.15, 0.2) is 0 Å². The molecule has 0 fully saturated rings. The first-order chi connectivity index (χ1) is 16.4. The Hall–Kier alpha value is -2.15. The minimum Gasteiger partial charge on any atom is -0.370 e. The van der Waals surface area contributed by atoms with Gasteiger partial charge < -0.3 is 5.32 Å². The van der Waals surface area contributed by atoms with E-state index in [4.69, 9.17) is 4.55 Å². The lowest BCUT2D eigenvalue weighted by atomic mass is 10.0. The minimum absolute atomic E-state index is 0.00649. The van der Waals surface area contributed by atoms with E-state index in [-0.39, 0.29) is 11.1 Å². The van der Waals surface area contributed by atoms with Crippen LogP contribution in [-0.4, -0.2) is 29.0 Å². The first-order valence-corrected chi connectivity index (χ1v) is 15.1. The summed E-state index contributed by atoms with van der Waals surface area (Å²) in [6.07, 6.45) is 0.865. The summed E-state index contributed by atoms with van der Waals surface area (Å²) in [6.45, 7) is 0. The normalized spacial score (nSPS) is 17.6. The molecule has 7 nitrogen and oxygen atoms in total. The Labute approximate surface area is 210 Å². The Bertz CT molecular complexity index is 1230. The van der Waals surface area contributed by atoms with Crippen LogP contribution in [0.5, 0.6) is 0 Å². The van der Waals surface area contributed by atoms with Crippen molar-refractivity contribution in [1.29, 1.82) is 0 Å². The fourth-order valence-electron chi connectivity index (χ4n) is 3.56. The number of sulfonamides is 1. The summed E-state index contributed by atoms with van der Waals surface area (Å²) in [5.41, 5.74) is 3.21. The molecule has 4 rings (SSSR count). The lowest BCUT2D eigenvalue weighted by Crippen LogP contribution is -2.42. The second kappa shape index (κ2) is 11.5. The molecule has 3 aromatic rings. The molecule has 0 radical (unpaired) electrons. The summed E-state index contributed by atoms with van der Waals surface area (Å²) in [7, 11) is -3.55. The van der Waals surface area contributed by atoms with E-state index in [0.29, 0.717) is 18.5 Å². The highest BCUT2D eigenvalue weighted by atomic mass is 32.2. The molecule has 0 spiro atoms. The maximum Gasteiger partial charge on any atom is 0.259 e. The molecule has 1 aliphatic rings. The molecule has 34 heavy (non-hydrogen) atoms. The van der Waals surface area contributed by atoms with Crippen LogP contribution >= 0.6 is 23.1 Å². The molecule has 180 valence electrons. The van der Waals surface area contributed by atoms with Gasteiger partial charge in [-0.05, 0) is 53.0 Å². The summed E-state index contributed by atoms with van der Waals surface area (Å²) in [4.78, 5) is 1.18. The summed E-state index contributed by atoms with van der Waals surface area (Å²) in [5.74, 6) is -0.00649. The zero-order chi connectivity index (χ0) is 24.0. The molecule has 1 aromatic heterocycles. The molecule has 3 atom stereocenters. The van der Waals surface area contributed by atoms with Gasteiger partial charge >= 0.3 is 0 Å². The maximum atomic E-state index is 13.0. The SMILES string of the molecule is O=S(O)Nc1ccc(C[C@H](NS(=O)(=O)CCc2ccccc2)C2=CSC(c3cccs3)N2)cc1. The van der Waals surface area contributed by atoms with E-state index in [9.17, 15) is 12.6 Å². The highest BCUT2D eigenvalue weighted by molar-refractivity contribution is 8.02. The van der Waals surface area contributed by atoms with E-state index in [1.54, 1.807) is 35.2 Å². The van der Waals surface area contributed by atoms with E-state index >= 15 is 0 Å². The number of hydrogen-bond donors (Lipinski definition) is 4. The number of nitrogens with one attached hydrogen (secondary N) is 3. The minimum atomic E-state index is -3.55. The molecule has 1 aliphatic heterocycles. The van der Waals surface area contributed by atoms with Crippen LogP contribution in [0, 0.1) is 0 Å². The third-order valence-corrected chi connectivity index (χ3v) is 9.14. The van der Waals surface area contributed by atoms with Gasteiger partial charge in [-0.25, -0.2) is 17.3 Å². The average molecular weight is 536 g/mol. The fraction of sp³-hybridized carbons (Fsp3) is 0.217. The zero-order valence-electron chi connectivity index (χ0n) is 18.1. The molecule has 4 N–H and O–H groups in total. The molecular formula is C23H25N3O4S4. The molecule has 2 heterocycles. The molecule has 0 bridgehead atoms. The van der Waals surface area contributed by atoms with Crippen molar-refractivity contribution in [2.45, 2.75) is 24.3 Å². The Morgan fingerprint density at radius 2 is 1.79 bits per heavy atom. The highest BCUT2D eigenvalue weighted by Gasteiger charge is 2.28. The van der Waals surface area contributed by atoms with Crippen molar-refractivity contribution in [2.75, 3.05) is 10.5 Å². The summed E-state index contributed by atoms with van der Waals surface area (Å²) in [6, 6.07) is 20.2. The van der Waals surface area contributed by atoms with Crippen LogP contribution < -0.4 is 14.8 Å². The van der Waals surface area contributed by atoms with Gasteiger partial charge in [-0.1, -0.05) is 48.5 Å². The van der Waals surface area contributed by atoms with Crippen LogP contribution in [0.15, 0.2) is 83.2 Å². The van der Waals surface area contributed by atoms with Crippen molar-refractivity contribution in [2.24, 2.45) is 0 Å². The fourth-order valence-corrected chi connectivity index (χ4v) is 7.08. The number of benzene rings is 2. The monoisotopic (exact) mass is 535 g/mol. The largest absolute Gasteiger partial charge is 0.370 e. The third kappa shape index (κ3) is 7.17. The van der Waals surface area contributed by atoms with Gasteiger partial charge in [-0.3, -0.25) is 9.27 Å². The number of hydrogen-bond acceptors (Lipinski definition) is 6. The van der Waals surface area contributed by atoms with Gasteiger partial charge in [0.1, 0.15) is 5.37 Å². The number of aryl methyl sites for hydroxylation is 1. The first kappa shape index (κ1) is 25.0. The van der Waals surface area contributed by atoms with E-state index in [0.717, 1.165) is 16.8 Å². The lowest BCUT2D eigenvalue weighted by Gasteiger charge is -2.22. The molecule has 2 aromatic carbocycles. The molecule has 2 unspecified atom stereocenters. The predicted molar refractivity (Wildman–Crippen MR) is 141 cm³/mol. The van der Waals surface area contributed by atoms with Crippen LogP contribution in [0.4, 0.5) is 5.69 Å². The number of anilines is 1. The zero-order valence-corrected chi connectivity index (χ0v) is 21.4. The highest BCUT2D eigenvalue weighted by Crippen LogP contribution is 2.37. The van der Waals surface area contributed by atoms with Crippen molar-refractivity contribution in [3.63, 3.8) is 0 Å². The summed E-state index contributed by atoms with van der Waals surface area (Å²) >= 11 is 1.13. The van der Waals surface area contributed by atoms with Crippen LogP contribution in [0.25, 0.3) is 0 Å². The second-order valence-corrected chi connectivity index (χ2v) is 12.3. The summed E-state index contributed by atoms with van der Waals surface area (Å²) in [5, 5.41) is 7.53. The molecule has 0 aliphatic carbocycles. The Morgan fingerprint density at radius 1 is 1.03 bits per heavy atom. The van der Waals surface area contributed by atoms with E-state index in [2.05, 4.69) is 20.8 Å². The predicted octanol–water partition coefficient (Wildman–Crippen LogP) is 4.25. The standard InChI is InChI=1S/C23H25N3O4S4/c27-33(28)25-19-10-8-18(9-11-19)15-20(21-16-32-23(24-21)22-7-4-13-31-22)26-34(29,30)14-12-17-5-2-1-3-6-17/h1-11,13,16,20,23-26H,12,14-15H2,(H,27,28)/t20-,23?/m0/s1. The molecule has 0 amide bonds. The lowest BCUT2D eigenvalue weighted by molar-refractivity contribution is 0.554. The van der Waals surface area contributed by atoms with Gasteiger partial charge in [-0.15, -0.1) is 23.1 Å². The van der Waals surface area contributed by atoms with E-state index in [1.165, 1.54) is 4.88 Å². The average Bonchev–Trinajstić information content (AvgIpc) is 3.51. The van der Waals surface area contributed by atoms with Crippen molar-refractivity contribution in [1.82, 2.24) is 10.0 Å². The smallest absolute Gasteiger partial charge is 0.259 e. The maximum absolute atomic E-state index is 13.0. The molecule has 0 saturated heterocycles. The Morgan fingerprint density at radius 3 is 2.47 bits per heavy atom. The summed E-state index contributed by atoms with van der Waals surface area (Å²) < 4.78 is 51.3. The van der Waals surface area contributed by atoms with Crippen molar-refractivity contribution in [3.8, 4) is 0 Å². The van der Waals surface area contributed by atoms with Gasteiger partial charge in [-0.2, -0.15) is 0 Å². The van der Waals surface area contributed by atoms with Gasteiger partial charge in [0, 0.05) is 16.3 Å². The molecule has 0 saturated carbocycles. The topological polar surface area (TPSA) is 108 Å². The number of thiophene rings is 1. The molecular weight excluding hydrogens is 511 g/mol. The van der Waals surface area contributed by atoms with Crippen molar-refractivity contribution >= 4 is 50.1 Å². The van der Waals surface area contributed by atoms with Gasteiger partial charge in [0.2, 0.25) is 10.0 Å². The van der Waals surface area contributed by atoms with Gasteiger partial charge in [0.25, 0.3) is 11.3 Å². The van der Waals surface area contributed by atoms with Crippen LogP contribution in [-0.2, 0) is 34.1 Å². The van der Waals surface area contributed by atoms with Crippen molar-refractivity contribution < 1.29 is 17.2 Å². The number of rotatable bonds is 11. The van der Waals surface area contributed by atoms with Crippen LogP contribution in [0.1, 0.15) is 21.4 Å². The number of thioether (sulfide) groups is 1. The van der Waals surface area contributed by atoms with Crippen molar-refractivity contribution in [3.05, 3.63) is 99.2 Å². The van der Waals surface area contributed by atoms with Crippen LogP contribution in [0.2, 0.25) is 0 Å². The van der Waals surface area contributed by atoms with Gasteiger partial charge in [0.05, 0.1) is 11.8 Å². The molecule has 11 heteroatoms. The van der Waals surface area contributed by atoms with Crippen LogP contribution in [0.3, 0.4) is 0 Å². The first-order valence-electron chi connectivity index (χ1n) is 10.5. The van der Waals surface area contributed by atoms with E-state index in [1.807, 2.05) is 59.3 Å². The quantitative estimate of drug-likeness (QED) is 0.274.